The normalized spacial score (nSPS) is 16.7. The van der Waals surface area contributed by atoms with E-state index in [0.717, 1.165) is 49.4 Å². The van der Waals surface area contributed by atoms with Crippen molar-refractivity contribution < 1.29 is 4.79 Å². The molecule has 1 aliphatic carbocycles. The minimum atomic E-state index is 0.312. The molecule has 0 atom stereocenters. The lowest BCUT2D eigenvalue weighted by atomic mass is 9.99. The number of nitrogens with zero attached hydrogens (tertiary/aromatic N) is 5. The van der Waals surface area contributed by atoms with Crippen LogP contribution in [-0.4, -0.2) is 43.6 Å². The molecule has 1 saturated heterocycles. The van der Waals surface area contributed by atoms with Crippen LogP contribution in [0, 0.1) is 11.8 Å². The zero-order valence-electron chi connectivity index (χ0n) is 16.4. The standard InChI is InChI=1S/C23H21N5OS/c29-23(18-5-6-18)27-10-15(11-27)12-28-13-25-26-22(28)17-3-1-16(2-4-17)19-7-8-20-21(9-19)30-14-24-20/h1-4,7-9,13-15,18H,5-6,10-12H2. The van der Waals surface area contributed by atoms with Crippen molar-refractivity contribution in [2.45, 2.75) is 19.4 Å². The first-order chi connectivity index (χ1) is 14.7. The van der Waals surface area contributed by atoms with E-state index in [1.165, 1.54) is 15.8 Å². The molecule has 2 aromatic heterocycles. The topological polar surface area (TPSA) is 63.9 Å². The Morgan fingerprint density at radius 2 is 1.80 bits per heavy atom. The lowest BCUT2D eigenvalue weighted by molar-refractivity contribution is -0.139. The van der Waals surface area contributed by atoms with Crippen LogP contribution in [0.15, 0.2) is 54.3 Å². The van der Waals surface area contributed by atoms with Crippen LogP contribution in [-0.2, 0) is 11.3 Å². The van der Waals surface area contributed by atoms with Gasteiger partial charge < -0.3 is 9.47 Å². The predicted molar refractivity (Wildman–Crippen MR) is 117 cm³/mol. The third-order valence-electron chi connectivity index (χ3n) is 6.07. The molecule has 1 amide bonds. The van der Waals surface area contributed by atoms with Crippen molar-refractivity contribution in [2.24, 2.45) is 11.8 Å². The van der Waals surface area contributed by atoms with Crippen LogP contribution < -0.4 is 0 Å². The van der Waals surface area contributed by atoms with Gasteiger partial charge in [-0.1, -0.05) is 30.3 Å². The second kappa shape index (κ2) is 7.02. The van der Waals surface area contributed by atoms with Gasteiger partial charge in [-0.2, -0.15) is 0 Å². The van der Waals surface area contributed by atoms with Gasteiger partial charge in [0.25, 0.3) is 0 Å². The van der Waals surface area contributed by atoms with E-state index in [0.29, 0.717) is 17.7 Å². The number of amides is 1. The highest BCUT2D eigenvalue weighted by Gasteiger charge is 2.39. The summed E-state index contributed by atoms with van der Waals surface area (Å²) in [6, 6.07) is 14.9. The summed E-state index contributed by atoms with van der Waals surface area (Å²) < 4.78 is 3.31. The van der Waals surface area contributed by atoms with Gasteiger partial charge in [0.1, 0.15) is 6.33 Å². The molecule has 2 aromatic carbocycles. The van der Waals surface area contributed by atoms with Crippen LogP contribution in [0.2, 0.25) is 0 Å². The highest BCUT2D eigenvalue weighted by Crippen LogP contribution is 2.34. The average molecular weight is 416 g/mol. The van der Waals surface area contributed by atoms with Crippen LogP contribution in [0.1, 0.15) is 12.8 Å². The van der Waals surface area contributed by atoms with Crippen molar-refractivity contribution in [3.8, 4) is 22.5 Å². The van der Waals surface area contributed by atoms with Gasteiger partial charge in [-0.3, -0.25) is 4.79 Å². The maximum Gasteiger partial charge on any atom is 0.225 e. The Hall–Kier alpha value is -3.06. The van der Waals surface area contributed by atoms with E-state index in [1.54, 1.807) is 17.7 Å². The number of thiazole rings is 1. The van der Waals surface area contributed by atoms with Gasteiger partial charge in [0.2, 0.25) is 5.91 Å². The van der Waals surface area contributed by atoms with E-state index in [2.05, 4.69) is 62.2 Å². The molecule has 0 spiro atoms. The highest BCUT2D eigenvalue weighted by molar-refractivity contribution is 7.16. The molecule has 3 heterocycles. The molecule has 2 fully saturated rings. The fourth-order valence-corrected chi connectivity index (χ4v) is 4.91. The molecule has 30 heavy (non-hydrogen) atoms. The molecule has 6 rings (SSSR count). The molecule has 2 aliphatic rings. The van der Waals surface area contributed by atoms with E-state index in [1.807, 2.05) is 10.4 Å². The summed E-state index contributed by atoms with van der Waals surface area (Å²) in [4.78, 5) is 18.5. The fraction of sp³-hybridized carbons (Fsp3) is 0.304. The van der Waals surface area contributed by atoms with E-state index in [-0.39, 0.29) is 0 Å². The van der Waals surface area contributed by atoms with E-state index < -0.39 is 0 Å². The first-order valence-electron chi connectivity index (χ1n) is 10.4. The van der Waals surface area contributed by atoms with Gasteiger partial charge in [-0.15, -0.1) is 21.5 Å². The Kier molecular flexibility index (Phi) is 4.16. The summed E-state index contributed by atoms with van der Waals surface area (Å²) in [5.41, 5.74) is 6.35. The summed E-state index contributed by atoms with van der Waals surface area (Å²) in [6.07, 6.45) is 3.94. The number of fused-ring (bicyclic) bond motifs is 1. The second-order valence-electron chi connectivity index (χ2n) is 8.30. The quantitative estimate of drug-likeness (QED) is 0.492. The number of benzene rings is 2. The fourth-order valence-electron chi connectivity index (χ4n) is 4.19. The molecule has 0 N–H and O–H groups in total. The number of carbonyl (C=O) groups excluding carboxylic acids is 1. The number of carbonyl (C=O) groups is 1. The molecule has 0 unspecified atom stereocenters. The number of rotatable bonds is 5. The SMILES string of the molecule is O=C(C1CC1)N1CC(Cn2cnnc2-c2ccc(-c3ccc4ncsc4c3)cc2)C1. The monoisotopic (exact) mass is 415 g/mol. The van der Waals surface area contributed by atoms with Crippen molar-refractivity contribution >= 4 is 27.5 Å². The van der Waals surface area contributed by atoms with Gasteiger partial charge in [0.05, 0.1) is 15.7 Å². The van der Waals surface area contributed by atoms with Gasteiger partial charge in [0, 0.05) is 37.0 Å². The predicted octanol–water partition coefficient (Wildman–Crippen LogP) is 4.09. The lowest BCUT2D eigenvalue weighted by Crippen LogP contribution is -2.51. The summed E-state index contributed by atoms with van der Waals surface area (Å²) >= 11 is 1.66. The average Bonchev–Trinajstić information content (AvgIpc) is 3.31. The number of likely N-dealkylation sites (tertiary alicyclic amines) is 1. The van der Waals surface area contributed by atoms with Crippen molar-refractivity contribution in [1.82, 2.24) is 24.6 Å². The summed E-state index contributed by atoms with van der Waals surface area (Å²) in [5, 5.41) is 8.49. The summed E-state index contributed by atoms with van der Waals surface area (Å²) in [7, 11) is 0. The number of aromatic nitrogens is 4. The smallest absolute Gasteiger partial charge is 0.225 e. The van der Waals surface area contributed by atoms with E-state index >= 15 is 0 Å². The molecule has 0 radical (unpaired) electrons. The Morgan fingerprint density at radius 3 is 2.60 bits per heavy atom. The Bertz CT molecular complexity index is 1220. The number of hydrogen-bond acceptors (Lipinski definition) is 5. The van der Waals surface area contributed by atoms with E-state index in [4.69, 9.17) is 0 Å². The zero-order chi connectivity index (χ0) is 20.1. The van der Waals surface area contributed by atoms with Crippen LogP contribution in [0.5, 0.6) is 0 Å². The van der Waals surface area contributed by atoms with Gasteiger partial charge in [-0.25, -0.2) is 4.98 Å². The van der Waals surface area contributed by atoms with E-state index in [9.17, 15) is 4.79 Å². The van der Waals surface area contributed by atoms with Crippen LogP contribution in [0.25, 0.3) is 32.7 Å². The van der Waals surface area contributed by atoms with Crippen LogP contribution >= 0.6 is 11.3 Å². The summed E-state index contributed by atoms with van der Waals surface area (Å²) in [5.74, 6) is 2.02. The maximum absolute atomic E-state index is 12.1. The largest absolute Gasteiger partial charge is 0.342 e. The maximum atomic E-state index is 12.1. The Balaban J connectivity index is 1.17. The van der Waals surface area contributed by atoms with Gasteiger partial charge >= 0.3 is 0 Å². The molecule has 0 bridgehead atoms. The lowest BCUT2D eigenvalue weighted by Gasteiger charge is -2.39. The number of hydrogen-bond donors (Lipinski definition) is 0. The molecular formula is C23H21N5OS. The molecule has 7 heteroatoms. The highest BCUT2D eigenvalue weighted by atomic mass is 32.1. The first-order valence-corrected chi connectivity index (χ1v) is 11.2. The van der Waals surface area contributed by atoms with Gasteiger partial charge in [-0.05, 0) is 36.1 Å². The molecule has 6 nitrogen and oxygen atoms in total. The molecule has 150 valence electrons. The molecular weight excluding hydrogens is 394 g/mol. The van der Waals surface area contributed by atoms with Gasteiger partial charge in [0.15, 0.2) is 5.82 Å². The molecule has 1 saturated carbocycles. The Morgan fingerprint density at radius 1 is 1.03 bits per heavy atom. The van der Waals surface area contributed by atoms with Crippen molar-refractivity contribution in [3.63, 3.8) is 0 Å². The second-order valence-corrected chi connectivity index (χ2v) is 9.19. The molecule has 4 aromatic rings. The van der Waals surface area contributed by atoms with Crippen molar-refractivity contribution in [2.75, 3.05) is 13.1 Å². The summed E-state index contributed by atoms with van der Waals surface area (Å²) in [6.45, 7) is 2.55. The molecule has 1 aliphatic heterocycles. The van der Waals surface area contributed by atoms with Crippen molar-refractivity contribution in [1.29, 1.82) is 0 Å². The zero-order valence-corrected chi connectivity index (χ0v) is 17.3. The first kappa shape index (κ1) is 17.8. The third kappa shape index (κ3) is 3.19. The van der Waals surface area contributed by atoms with Crippen molar-refractivity contribution in [3.05, 3.63) is 54.3 Å². The van der Waals surface area contributed by atoms with Crippen LogP contribution in [0.4, 0.5) is 0 Å². The minimum absolute atomic E-state index is 0.312. The van der Waals surface area contributed by atoms with Crippen LogP contribution in [0.3, 0.4) is 0 Å². The third-order valence-corrected chi connectivity index (χ3v) is 6.87. The Labute approximate surface area is 178 Å². The minimum Gasteiger partial charge on any atom is -0.342 e.